The minimum atomic E-state index is -0.349. The molecule has 140 valence electrons. The number of hydrogen-bond donors (Lipinski definition) is 1. The van der Waals surface area contributed by atoms with E-state index in [2.05, 4.69) is 19.9 Å². The van der Waals surface area contributed by atoms with Crippen LogP contribution in [0.2, 0.25) is 5.28 Å². The maximum atomic E-state index is 13.3. The highest BCUT2D eigenvalue weighted by Gasteiger charge is 2.04. The van der Waals surface area contributed by atoms with Gasteiger partial charge < -0.3 is 15.2 Å². The van der Waals surface area contributed by atoms with E-state index >= 15 is 0 Å². The minimum absolute atomic E-state index is 0.00597. The number of methoxy groups -OCH3 is 1. The molecule has 0 saturated heterocycles. The third-order valence-corrected chi connectivity index (χ3v) is 3.18. The van der Waals surface area contributed by atoms with Crippen molar-refractivity contribution in [3.8, 4) is 11.8 Å². The standard InChI is InChI=1S/C11H10FN3O.C6H5ClN2O2/c12-10-2-1-9(13)5-8(10)7-16-11-6-14-3-4-15-11;1-11-5-2-4(3-10)8-6(7)9-5/h1-6H,7,13H2;2-3H,1H3. The SMILES string of the molecule is COc1cc(C=O)nc(Cl)n1.Nc1ccc(F)c(COc2cnccn2)c1. The second-order valence-electron chi connectivity index (χ2n) is 4.91. The summed E-state index contributed by atoms with van der Waals surface area (Å²) in [6.45, 7) is 0.0789. The third kappa shape index (κ3) is 6.48. The lowest BCUT2D eigenvalue weighted by atomic mass is 10.2. The van der Waals surface area contributed by atoms with Crippen LogP contribution in [0.15, 0.2) is 42.9 Å². The number of rotatable bonds is 5. The van der Waals surface area contributed by atoms with E-state index in [0.29, 0.717) is 23.4 Å². The Balaban J connectivity index is 0.000000208. The molecule has 3 rings (SSSR count). The zero-order valence-corrected chi connectivity index (χ0v) is 14.9. The molecule has 0 aliphatic heterocycles. The summed E-state index contributed by atoms with van der Waals surface area (Å²) in [5.74, 6) is 0.287. The molecular formula is C17H15ClFN5O3. The molecule has 27 heavy (non-hydrogen) atoms. The average Bonchev–Trinajstić information content (AvgIpc) is 2.69. The molecule has 0 aliphatic rings. The molecular weight excluding hydrogens is 377 g/mol. The number of carbonyl (C=O) groups excluding carboxylic acids is 1. The van der Waals surface area contributed by atoms with Crippen LogP contribution in [0.25, 0.3) is 0 Å². The summed E-state index contributed by atoms with van der Waals surface area (Å²) in [4.78, 5) is 25.2. The fourth-order valence-electron chi connectivity index (χ4n) is 1.80. The van der Waals surface area contributed by atoms with Crippen molar-refractivity contribution in [1.82, 2.24) is 19.9 Å². The van der Waals surface area contributed by atoms with Crippen LogP contribution in [0.4, 0.5) is 10.1 Å². The molecule has 0 aliphatic carbocycles. The Kier molecular flexibility index (Phi) is 7.38. The molecule has 0 spiro atoms. The van der Waals surface area contributed by atoms with Crippen molar-refractivity contribution in [1.29, 1.82) is 0 Å². The molecule has 0 bridgehead atoms. The fourth-order valence-corrected chi connectivity index (χ4v) is 1.98. The van der Waals surface area contributed by atoms with Gasteiger partial charge in [0.05, 0.1) is 13.3 Å². The van der Waals surface area contributed by atoms with Gasteiger partial charge in [0.1, 0.15) is 18.1 Å². The van der Waals surface area contributed by atoms with E-state index in [1.54, 1.807) is 0 Å². The highest BCUT2D eigenvalue weighted by molar-refractivity contribution is 6.28. The van der Waals surface area contributed by atoms with Gasteiger partial charge in [-0.05, 0) is 29.8 Å². The van der Waals surface area contributed by atoms with Gasteiger partial charge in [-0.2, -0.15) is 4.98 Å². The Hall–Kier alpha value is -3.33. The number of nitrogens with two attached hydrogens (primary N) is 1. The molecule has 0 saturated carbocycles. The minimum Gasteiger partial charge on any atom is -0.481 e. The molecule has 0 fully saturated rings. The summed E-state index contributed by atoms with van der Waals surface area (Å²) in [7, 11) is 1.44. The van der Waals surface area contributed by atoms with Crippen molar-refractivity contribution in [2.24, 2.45) is 0 Å². The third-order valence-electron chi connectivity index (χ3n) is 3.01. The second-order valence-corrected chi connectivity index (χ2v) is 5.24. The topological polar surface area (TPSA) is 113 Å². The summed E-state index contributed by atoms with van der Waals surface area (Å²) in [6.07, 6.45) is 5.08. The molecule has 8 nitrogen and oxygen atoms in total. The van der Waals surface area contributed by atoms with Crippen molar-refractivity contribution in [2.75, 3.05) is 12.8 Å². The van der Waals surface area contributed by atoms with Crippen LogP contribution in [0.5, 0.6) is 11.8 Å². The van der Waals surface area contributed by atoms with Crippen molar-refractivity contribution in [2.45, 2.75) is 6.61 Å². The first-order chi connectivity index (χ1) is 13.0. The van der Waals surface area contributed by atoms with Crippen LogP contribution >= 0.6 is 11.6 Å². The van der Waals surface area contributed by atoms with E-state index in [4.69, 9.17) is 26.8 Å². The first-order valence-corrected chi connectivity index (χ1v) is 7.86. The quantitative estimate of drug-likeness (QED) is 0.401. The summed E-state index contributed by atoms with van der Waals surface area (Å²) in [5.41, 5.74) is 6.65. The number of benzene rings is 1. The summed E-state index contributed by atoms with van der Waals surface area (Å²) < 4.78 is 23.3. The van der Waals surface area contributed by atoms with Gasteiger partial charge in [0, 0.05) is 29.7 Å². The maximum Gasteiger partial charge on any atom is 0.232 e. The van der Waals surface area contributed by atoms with Crippen LogP contribution < -0.4 is 15.2 Å². The smallest absolute Gasteiger partial charge is 0.232 e. The molecule has 1 aromatic carbocycles. The van der Waals surface area contributed by atoms with Crippen LogP contribution in [-0.2, 0) is 6.61 Å². The van der Waals surface area contributed by atoms with Crippen LogP contribution in [0, 0.1) is 5.82 Å². The highest BCUT2D eigenvalue weighted by Crippen LogP contribution is 2.14. The number of nitrogens with zero attached hydrogens (tertiary/aromatic N) is 4. The number of ether oxygens (including phenoxy) is 2. The second kappa shape index (κ2) is 9.97. The lowest BCUT2D eigenvalue weighted by molar-refractivity contribution is 0.111. The van der Waals surface area contributed by atoms with E-state index in [9.17, 15) is 9.18 Å². The van der Waals surface area contributed by atoms with E-state index in [0.717, 1.165) is 0 Å². The summed E-state index contributed by atoms with van der Waals surface area (Å²) in [5, 5.41) is 0.00597. The molecule has 0 radical (unpaired) electrons. The normalized spacial score (nSPS) is 9.74. The number of carbonyl (C=O) groups is 1. The largest absolute Gasteiger partial charge is 0.481 e. The lowest BCUT2D eigenvalue weighted by Crippen LogP contribution is -2.01. The molecule has 10 heteroatoms. The first-order valence-electron chi connectivity index (χ1n) is 7.48. The van der Waals surface area contributed by atoms with Gasteiger partial charge in [-0.15, -0.1) is 0 Å². The van der Waals surface area contributed by atoms with Crippen LogP contribution in [-0.4, -0.2) is 33.3 Å². The molecule has 0 unspecified atom stereocenters. The number of halogens is 2. The molecule has 3 aromatic rings. The van der Waals surface area contributed by atoms with Crippen molar-refractivity contribution >= 4 is 23.6 Å². The van der Waals surface area contributed by atoms with Crippen molar-refractivity contribution in [3.05, 3.63) is 65.2 Å². The predicted molar refractivity (Wildman–Crippen MR) is 96.2 cm³/mol. The Morgan fingerprint density at radius 3 is 2.70 bits per heavy atom. The zero-order valence-electron chi connectivity index (χ0n) is 14.2. The van der Waals surface area contributed by atoms with Crippen LogP contribution in [0.1, 0.15) is 16.1 Å². The summed E-state index contributed by atoms with van der Waals surface area (Å²) >= 11 is 5.45. The van der Waals surface area contributed by atoms with Gasteiger partial charge in [0.15, 0.2) is 6.29 Å². The maximum absolute atomic E-state index is 13.3. The summed E-state index contributed by atoms with van der Waals surface area (Å²) in [6, 6.07) is 5.75. The van der Waals surface area contributed by atoms with E-state index in [1.807, 2.05) is 0 Å². The number of aldehydes is 1. The monoisotopic (exact) mass is 391 g/mol. The molecule has 2 heterocycles. The Labute approximate surface area is 159 Å². The Morgan fingerprint density at radius 1 is 1.22 bits per heavy atom. The van der Waals surface area contributed by atoms with Gasteiger partial charge in [-0.3, -0.25) is 9.78 Å². The van der Waals surface area contributed by atoms with Crippen LogP contribution in [0.3, 0.4) is 0 Å². The predicted octanol–water partition coefficient (Wildman–Crippen LogP) is 2.73. The number of nitrogen functional groups attached to an aromatic ring is 1. The number of aromatic nitrogens is 4. The van der Waals surface area contributed by atoms with Gasteiger partial charge in [-0.1, -0.05) is 0 Å². The zero-order chi connectivity index (χ0) is 19.6. The molecule has 2 aromatic heterocycles. The van der Waals surface area contributed by atoms with E-state index < -0.39 is 0 Å². The molecule has 0 amide bonds. The number of hydrogen-bond acceptors (Lipinski definition) is 8. The van der Waals surface area contributed by atoms with E-state index in [-0.39, 0.29) is 29.3 Å². The molecule has 0 atom stereocenters. The van der Waals surface area contributed by atoms with Gasteiger partial charge in [0.25, 0.3) is 0 Å². The molecule has 2 N–H and O–H groups in total. The van der Waals surface area contributed by atoms with Gasteiger partial charge >= 0.3 is 0 Å². The van der Waals surface area contributed by atoms with Gasteiger partial charge in [-0.25, -0.2) is 14.4 Å². The van der Waals surface area contributed by atoms with Gasteiger partial charge in [0.2, 0.25) is 17.0 Å². The van der Waals surface area contributed by atoms with Crippen molar-refractivity contribution in [3.63, 3.8) is 0 Å². The number of anilines is 1. The highest BCUT2D eigenvalue weighted by atomic mass is 35.5. The first kappa shape index (κ1) is 20.0. The van der Waals surface area contributed by atoms with E-state index in [1.165, 1.54) is 50.0 Å². The Morgan fingerprint density at radius 2 is 2.04 bits per heavy atom. The van der Waals surface area contributed by atoms with Crippen molar-refractivity contribution < 1.29 is 18.7 Å². The average molecular weight is 392 g/mol. The fraction of sp³-hybridized carbons (Fsp3) is 0.118. The lowest BCUT2D eigenvalue weighted by Gasteiger charge is -2.06. The Bertz CT molecular complexity index is 899.